The molecule has 0 aliphatic heterocycles. The smallest absolute Gasteiger partial charge is 0.307 e. The van der Waals surface area contributed by atoms with Crippen LogP contribution in [0.4, 0.5) is 0 Å². The molecule has 19 heavy (non-hydrogen) atoms. The molecule has 0 saturated carbocycles. The lowest BCUT2D eigenvalue weighted by atomic mass is 10.3. The number of carboxylic acids is 1. The van der Waals surface area contributed by atoms with Crippen LogP contribution in [0.2, 0.25) is 0 Å². The first-order valence-electron chi connectivity index (χ1n) is 6.76. The molecule has 0 atom stereocenters. The first-order chi connectivity index (χ1) is 9.27. The van der Waals surface area contributed by atoms with Crippen molar-refractivity contribution in [2.24, 2.45) is 0 Å². The Kier molecular flexibility index (Phi) is 13.3. The van der Waals surface area contributed by atoms with E-state index in [1.807, 2.05) is 6.08 Å². The molecule has 0 aromatic carbocycles. The molecule has 3 heteroatoms. The number of hydrogen-bond acceptors (Lipinski definition) is 2. The Morgan fingerprint density at radius 2 is 1.95 bits per heavy atom. The van der Waals surface area contributed by atoms with Gasteiger partial charge in [-0.15, -0.1) is 5.73 Å². The lowest BCUT2D eigenvalue weighted by Gasteiger charge is -1.95. The van der Waals surface area contributed by atoms with Gasteiger partial charge in [-0.2, -0.15) is 0 Å². The highest BCUT2D eigenvalue weighted by Crippen LogP contribution is 1.93. The summed E-state index contributed by atoms with van der Waals surface area (Å²) in [6.45, 7) is 3.41. The van der Waals surface area contributed by atoms with E-state index in [4.69, 9.17) is 9.84 Å². The van der Waals surface area contributed by atoms with Crippen LogP contribution in [0, 0.1) is 0 Å². The number of unbranched alkanes of at least 4 members (excludes halogenated alkanes) is 1. The van der Waals surface area contributed by atoms with E-state index in [0.717, 1.165) is 19.3 Å². The Balaban J connectivity index is 3.37. The van der Waals surface area contributed by atoms with Crippen LogP contribution in [0.1, 0.15) is 39.0 Å². The van der Waals surface area contributed by atoms with Crippen LogP contribution < -0.4 is 0 Å². The summed E-state index contributed by atoms with van der Waals surface area (Å²) in [5.41, 5.74) is 2.81. The van der Waals surface area contributed by atoms with Gasteiger partial charge < -0.3 is 9.84 Å². The number of aliphatic carboxylic acids is 1. The summed E-state index contributed by atoms with van der Waals surface area (Å²) in [5.74, 6) is -0.838. The highest BCUT2D eigenvalue weighted by Gasteiger charge is 1.86. The topological polar surface area (TPSA) is 46.5 Å². The maximum absolute atomic E-state index is 10.2. The van der Waals surface area contributed by atoms with Crippen LogP contribution in [0.25, 0.3) is 0 Å². The van der Waals surface area contributed by atoms with E-state index < -0.39 is 5.97 Å². The van der Waals surface area contributed by atoms with Crippen molar-refractivity contribution in [3.63, 3.8) is 0 Å². The van der Waals surface area contributed by atoms with Crippen molar-refractivity contribution in [2.45, 2.75) is 39.0 Å². The summed E-state index contributed by atoms with van der Waals surface area (Å²) in [7, 11) is 0. The third kappa shape index (κ3) is 16.4. The minimum Gasteiger partial charge on any atom is -0.481 e. The van der Waals surface area contributed by atoms with Crippen molar-refractivity contribution >= 4 is 5.97 Å². The molecule has 0 spiro atoms. The number of carboxylic acid groups (broad SMARTS) is 1. The normalized spacial score (nSPS) is 10.8. The summed E-state index contributed by atoms with van der Waals surface area (Å²) in [6, 6.07) is 0. The number of rotatable bonds is 11. The molecule has 1 N–H and O–H groups in total. The molecule has 0 heterocycles. The summed E-state index contributed by atoms with van der Waals surface area (Å²) in [5, 5.41) is 8.38. The van der Waals surface area contributed by atoms with Crippen molar-refractivity contribution < 1.29 is 14.6 Å². The molecule has 0 saturated heterocycles. The minimum atomic E-state index is -0.838. The van der Waals surface area contributed by atoms with Gasteiger partial charge in [-0.05, 0) is 31.4 Å². The van der Waals surface area contributed by atoms with Crippen LogP contribution >= 0.6 is 0 Å². The summed E-state index contributed by atoms with van der Waals surface area (Å²) in [4.78, 5) is 10.2. The van der Waals surface area contributed by atoms with Crippen molar-refractivity contribution in [2.75, 3.05) is 13.2 Å². The quantitative estimate of drug-likeness (QED) is 0.350. The van der Waals surface area contributed by atoms with Gasteiger partial charge in [0.25, 0.3) is 0 Å². The lowest BCUT2D eigenvalue weighted by molar-refractivity contribution is -0.135. The van der Waals surface area contributed by atoms with Crippen molar-refractivity contribution in [3.05, 3.63) is 42.2 Å². The fraction of sp³-hybridized carbons (Fsp3) is 0.500. The summed E-state index contributed by atoms with van der Waals surface area (Å²) < 4.78 is 5.38. The van der Waals surface area contributed by atoms with Gasteiger partial charge in [-0.1, -0.05) is 37.6 Å². The van der Waals surface area contributed by atoms with Crippen LogP contribution in [0.15, 0.2) is 42.2 Å². The predicted octanol–water partition coefficient (Wildman–Crippen LogP) is 3.88. The fourth-order valence-corrected chi connectivity index (χ4v) is 1.23. The Bertz CT molecular complexity index is 334. The maximum atomic E-state index is 10.2. The van der Waals surface area contributed by atoms with E-state index >= 15 is 0 Å². The maximum Gasteiger partial charge on any atom is 0.307 e. The average molecular weight is 264 g/mol. The van der Waals surface area contributed by atoms with Gasteiger partial charge in [-0.3, -0.25) is 4.79 Å². The third-order valence-corrected chi connectivity index (χ3v) is 2.19. The minimum absolute atomic E-state index is 0.0195. The van der Waals surface area contributed by atoms with Gasteiger partial charge in [0.15, 0.2) is 0 Å². The summed E-state index contributed by atoms with van der Waals surface area (Å²) in [6.07, 6.45) is 15.8. The first kappa shape index (κ1) is 17.4. The summed E-state index contributed by atoms with van der Waals surface area (Å²) >= 11 is 0. The molecular weight excluding hydrogens is 240 g/mol. The molecule has 0 bridgehead atoms. The molecule has 0 aliphatic carbocycles. The third-order valence-electron chi connectivity index (χ3n) is 2.19. The van der Waals surface area contributed by atoms with E-state index in [1.165, 1.54) is 12.5 Å². The zero-order valence-corrected chi connectivity index (χ0v) is 11.7. The number of carbonyl (C=O) groups is 1. The van der Waals surface area contributed by atoms with Gasteiger partial charge >= 0.3 is 5.97 Å². The van der Waals surface area contributed by atoms with Crippen molar-refractivity contribution in [1.29, 1.82) is 0 Å². The molecule has 0 aromatic rings. The number of ether oxygens (including phenoxy) is 1. The predicted molar refractivity (Wildman–Crippen MR) is 78.1 cm³/mol. The molecule has 106 valence electrons. The highest BCUT2D eigenvalue weighted by atomic mass is 16.5. The van der Waals surface area contributed by atoms with Gasteiger partial charge in [0.05, 0.1) is 19.6 Å². The van der Waals surface area contributed by atoms with Gasteiger partial charge in [0.1, 0.15) is 0 Å². The van der Waals surface area contributed by atoms with Crippen LogP contribution in [-0.4, -0.2) is 24.3 Å². The van der Waals surface area contributed by atoms with Crippen LogP contribution in [0.3, 0.4) is 0 Å². The van der Waals surface area contributed by atoms with E-state index in [9.17, 15) is 4.79 Å². The van der Waals surface area contributed by atoms with Gasteiger partial charge in [0.2, 0.25) is 0 Å². The zero-order valence-electron chi connectivity index (χ0n) is 11.7. The van der Waals surface area contributed by atoms with Gasteiger partial charge in [-0.25, -0.2) is 0 Å². The molecular formula is C16H24O3. The Labute approximate surface area is 116 Å². The van der Waals surface area contributed by atoms with Crippen LogP contribution in [0.5, 0.6) is 0 Å². The second-order valence-corrected chi connectivity index (χ2v) is 4.00. The van der Waals surface area contributed by atoms with E-state index in [1.54, 1.807) is 6.08 Å². The molecule has 0 aliphatic rings. The zero-order chi connectivity index (χ0) is 14.2. The van der Waals surface area contributed by atoms with Crippen molar-refractivity contribution in [1.82, 2.24) is 0 Å². The molecule has 0 amide bonds. The molecule has 3 nitrogen and oxygen atoms in total. The Hall–Kier alpha value is -1.57. The van der Waals surface area contributed by atoms with Gasteiger partial charge in [0, 0.05) is 0 Å². The monoisotopic (exact) mass is 264 g/mol. The largest absolute Gasteiger partial charge is 0.481 e. The second kappa shape index (κ2) is 14.5. The standard InChI is InChI=1S/C16H24O3/c1-2-3-4-5-6-8-11-14-19-15-12-9-7-10-13-16(17)18/h4-5,8-11H,2-3,6,12-15H2,1H3,(H,17,18)/b5-4-,11-8-. The fourth-order valence-electron chi connectivity index (χ4n) is 1.23. The van der Waals surface area contributed by atoms with E-state index in [2.05, 4.69) is 30.9 Å². The van der Waals surface area contributed by atoms with E-state index in [0.29, 0.717) is 13.2 Å². The van der Waals surface area contributed by atoms with E-state index in [-0.39, 0.29) is 6.42 Å². The Morgan fingerprint density at radius 1 is 1.16 bits per heavy atom. The number of hydrogen-bond donors (Lipinski definition) is 1. The van der Waals surface area contributed by atoms with Crippen LogP contribution in [-0.2, 0) is 9.53 Å². The molecule has 0 radical (unpaired) electrons. The first-order valence-corrected chi connectivity index (χ1v) is 6.76. The average Bonchev–Trinajstić information content (AvgIpc) is 2.39. The molecule has 0 fully saturated rings. The van der Waals surface area contributed by atoms with Crippen molar-refractivity contribution in [3.8, 4) is 0 Å². The molecule has 0 unspecified atom stereocenters. The molecule has 0 rings (SSSR count). The number of allylic oxidation sites excluding steroid dienone is 3. The molecule has 0 aromatic heterocycles. The highest BCUT2D eigenvalue weighted by molar-refractivity contribution is 5.68. The lowest BCUT2D eigenvalue weighted by Crippen LogP contribution is -1.92. The Morgan fingerprint density at radius 3 is 2.68 bits per heavy atom. The second-order valence-electron chi connectivity index (χ2n) is 4.00. The SMILES string of the molecule is CCC/C=C\C/C=C\COCCC=C=CCC(=O)O.